The molecule has 1 aromatic rings. The molecule has 0 saturated carbocycles. The minimum absolute atomic E-state index is 0.0113. The molecule has 1 aromatic carbocycles. The molecule has 0 spiro atoms. The fraction of sp³-hybridized carbons (Fsp3) is 0.429. The Hall–Kier alpha value is -2.08. The van der Waals surface area contributed by atoms with Crippen molar-refractivity contribution in [1.29, 1.82) is 0 Å². The molecule has 0 aromatic heterocycles. The summed E-state index contributed by atoms with van der Waals surface area (Å²) >= 11 is 0. The van der Waals surface area contributed by atoms with Gasteiger partial charge in [-0.15, -0.1) is 0 Å². The summed E-state index contributed by atoms with van der Waals surface area (Å²) in [6.07, 6.45) is -1.19. The minimum Gasteiger partial charge on any atom is -0.550 e. The Labute approximate surface area is 117 Å². The standard InChI is InChI=1S/C14H19NO5/c1-15(2,3)9-10(8-13(17)18)20-14(19)11-6-4-5-7-12(11)16/h4-7,10H,8-9H2,1-3H3,(H-,16,17,18,19)/t10-/m0/s1. The smallest absolute Gasteiger partial charge is 0.342 e. The number of carbonyl (C=O) groups is 2. The van der Waals surface area contributed by atoms with Gasteiger partial charge in [0.2, 0.25) is 0 Å². The molecule has 0 radical (unpaired) electrons. The van der Waals surface area contributed by atoms with E-state index in [2.05, 4.69) is 0 Å². The first-order valence-corrected chi connectivity index (χ1v) is 6.18. The molecule has 0 heterocycles. The fourth-order valence-electron chi connectivity index (χ4n) is 1.80. The normalized spacial score (nSPS) is 12.8. The van der Waals surface area contributed by atoms with E-state index in [0.717, 1.165) is 0 Å². The van der Waals surface area contributed by atoms with Crippen molar-refractivity contribution >= 4 is 11.9 Å². The third-order valence-corrected chi connectivity index (χ3v) is 2.54. The van der Waals surface area contributed by atoms with Gasteiger partial charge in [-0.05, 0) is 12.1 Å². The van der Waals surface area contributed by atoms with Crippen LogP contribution in [0.2, 0.25) is 0 Å². The van der Waals surface area contributed by atoms with Crippen molar-refractivity contribution in [3.8, 4) is 5.75 Å². The van der Waals surface area contributed by atoms with E-state index in [0.29, 0.717) is 11.0 Å². The third kappa shape index (κ3) is 5.27. The molecule has 1 rings (SSSR count). The number of rotatable bonds is 6. The Morgan fingerprint density at radius 3 is 2.40 bits per heavy atom. The number of likely N-dealkylation sites (N-methyl/N-ethyl adjacent to an activating group) is 1. The molecule has 6 heteroatoms. The Kier molecular flexibility index (Phi) is 5.10. The molecular formula is C14H19NO5. The van der Waals surface area contributed by atoms with Gasteiger partial charge < -0.3 is 24.2 Å². The second-order valence-corrected chi connectivity index (χ2v) is 5.59. The number of phenols is 1. The molecule has 1 N–H and O–H groups in total. The van der Waals surface area contributed by atoms with Gasteiger partial charge in [0, 0.05) is 12.4 Å². The van der Waals surface area contributed by atoms with Crippen LogP contribution in [0.5, 0.6) is 5.75 Å². The molecule has 0 bridgehead atoms. The lowest BCUT2D eigenvalue weighted by Crippen LogP contribution is -2.45. The summed E-state index contributed by atoms with van der Waals surface area (Å²) < 4.78 is 5.61. The number of benzene rings is 1. The Balaban J connectivity index is 2.81. The average molecular weight is 281 g/mol. The second-order valence-electron chi connectivity index (χ2n) is 5.59. The zero-order valence-corrected chi connectivity index (χ0v) is 11.8. The maximum Gasteiger partial charge on any atom is 0.342 e. The Morgan fingerprint density at radius 2 is 1.90 bits per heavy atom. The summed E-state index contributed by atoms with van der Waals surface area (Å²) in [7, 11) is 5.57. The summed E-state index contributed by atoms with van der Waals surface area (Å²) in [6, 6.07) is 5.95. The number of aliphatic carboxylic acids is 1. The zero-order valence-electron chi connectivity index (χ0n) is 11.8. The van der Waals surface area contributed by atoms with E-state index in [9.17, 15) is 19.8 Å². The van der Waals surface area contributed by atoms with Crippen LogP contribution < -0.4 is 5.11 Å². The zero-order chi connectivity index (χ0) is 15.3. The van der Waals surface area contributed by atoms with Crippen molar-refractivity contribution in [2.75, 3.05) is 27.7 Å². The molecule has 0 unspecified atom stereocenters. The number of hydrogen-bond acceptors (Lipinski definition) is 5. The highest BCUT2D eigenvalue weighted by Crippen LogP contribution is 2.18. The summed E-state index contributed by atoms with van der Waals surface area (Å²) in [5.74, 6) is -2.23. The maximum atomic E-state index is 11.9. The van der Waals surface area contributed by atoms with Gasteiger partial charge in [0.25, 0.3) is 0 Å². The van der Waals surface area contributed by atoms with Crippen molar-refractivity contribution in [1.82, 2.24) is 0 Å². The molecule has 1 atom stereocenters. The maximum absolute atomic E-state index is 11.9. The number of para-hydroxylation sites is 1. The number of aromatic hydroxyl groups is 1. The molecule has 0 aliphatic rings. The number of nitrogens with zero attached hydrogens (tertiary/aromatic N) is 1. The van der Waals surface area contributed by atoms with Gasteiger partial charge in [-0.25, -0.2) is 4.79 Å². The molecule has 110 valence electrons. The molecular weight excluding hydrogens is 262 g/mol. The summed E-state index contributed by atoms with van der Waals surface area (Å²) in [4.78, 5) is 22.7. The van der Waals surface area contributed by atoms with Gasteiger partial charge in [0.15, 0.2) is 6.10 Å². The molecule has 0 aliphatic heterocycles. The third-order valence-electron chi connectivity index (χ3n) is 2.54. The lowest BCUT2D eigenvalue weighted by atomic mass is 10.2. The van der Waals surface area contributed by atoms with Crippen LogP contribution in [0, 0.1) is 0 Å². The van der Waals surface area contributed by atoms with Crippen molar-refractivity contribution in [2.45, 2.75) is 12.5 Å². The highest BCUT2D eigenvalue weighted by molar-refractivity contribution is 5.92. The minimum atomic E-state index is -1.28. The van der Waals surface area contributed by atoms with E-state index in [1.165, 1.54) is 12.1 Å². The first-order valence-electron chi connectivity index (χ1n) is 6.18. The highest BCUT2D eigenvalue weighted by atomic mass is 16.5. The van der Waals surface area contributed by atoms with E-state index >= 15 is 0 Å². The van der Waals surface area contributed by atoms with Crippen LogP contribution in [0.15, 0.2) is 24.3 Å². The van der Waals surface area contributed by atoms with E-state index in [1.54, 1.807) is 12.1 Å². The van der Waals surface area contributed by atoms with Crippen LogP contribution in [0.4, 0.5) is 0 Å². The van der Waals surface area contributed by atoms with Crippen LogP contribution in [0.1, 0.15) is 16.8 Å². The number of phenolic OH excluding ortho intramolecular Hbond substituents is 1. The second kappa shape index (κ2) is 6.38. The van der Waals surface area contributed by atoms with Gasteiger partial charge >= 0.3 is 5.97 Å². The molecule has 0 fully saturated rings. The largest absolute Gasteiger partial charge is 0.550 e. The van der Waals surface area contributed by atoms with Crippen molar-refractivity contribution < 1.29 is 29.0 Å². The SMILES string of the molecule is C[N+](C)(C)C[C@H](CC(=O)[O-])OC(=O)c1ccccc1O. The predicted octanol–water partition coefficient (Wildman–Crippen LogP) is -0.236. The fourth-order valence-corrected chi connectivity index (χ4v) is 1.80. The highest BCUT2D eigenvalue weighted by Gasteiger charge is 2.24. The number of ether oxygens (including phenoxy) is 1. The van der Waals surface area contributed by atoms with Gasteiger partial charge in [-0.1, -0.05) is 12.1 Å². The monoisotopic (exact) mass is 281 g/mol. The van der Waals surface area contributed by atoms with Crippen LogP contribution in [0.25, 0.3) is 0 Å². The van der Waals surface area contributed by atoms with E-state index in [4.69, 9.17) is 4.74 Å². The topological polar surface area (TPSA) is 86.7 Å². The van der Waals surface area contributed by atoms with Gasteiger partial charge in [0.05, 0.1) is 21.1 Å². The Bertz CT molecular complexity index is 493. The number of quaternary nitrogens is 1. The van der Waals surface area contributed by atoms with Gasteiger partial charge in [-0.3, -0.25) is 0 Å². The number of esters is 1. The molecule has 6 nitrogen and oxygen atoms in total. The summed E-state index contributed by atoms with van der Waals surface area (Å²) in [5, 5.41) is 20.3. The lowest BCUT2D eigenvalue weighted by molar-refractivity contribution is -0.873. The van der Waals surface area contributed by atoms with E-state index < -0.39 is 18.0 Å². The summed E-state index contributed by atoms with van der Waals surface area (Å²) in [5.41, 5.74) is 0.0113. The quantitative estimate of drug-likeness (QED) is 0.574. The molecule has 20 heavy (non-hydrogen) atoms. The number of hydrogen-bond donors (Lipinski definition) is 1. The summed E-state index contributed by atoms with van der Waals surface area (Å²) in [6.45, 7) is 0.327. The van der Waals surface area contributed by atoms with Gasteiger partial charge in [0.1, 0.15) is 17.9 Å². The van der Waals surface area contributed by atoms with Crippen molar-refractivity contribution in [3.63, 3.8) is 0 Å². The first-order chi connectivity index (χ1) is 9.19. The van der Waals surface area contributed by atoms with E-state index in [-0.39, 0.29) is 17.7 Å². The van der Waals surface area contributed by atoms with Gasteiger partial charge in [-0.2, -0.15) is 0 Å². The first kappa shape index (κ1) is 16.0. The van der Waals surface area contributed by atoms with Crippen LogP contribution in [-0.2, 0) is 9.53 Å². The number of carboxylic acids is 1. The Morgan fingerprint density at radius 1 is 1.30 bits per heavy atom. The van der Waals surface area contributed by atoms with Crippen LogP contribution >= 0.6 is 0 Å². The number of carbonyl (C=O) groups excluding carboxylic acids is 2. The van der Waals surface area contributed by atoms with E-state index in [1.807, 2.05) is 21.1 Å². The lowest BCUT2D eigenvalue weighted by Gasteiger charge is -2.29. The number of carboxylic acid groups (broad SMARTS) is 1. The average Bonchev–Trinajstić information content (AvgIpc) is 2.25. The van der Waals surface area contributed by atoms with Crippen LogP contribution in [-0.4, -0.2) is 55.3 Å². The molecule has 0 aliphatic carbocycles. The van der Waals surface area contributed by atoms with Crippen molar-refractivity contribution in [3.05, 3.63) is 29.8 Å². The molecule has 0 amide bonds. The van der Waals surface area contributed by atoms with Crippen molar-refractivity contribution in [2.24, 2.45) is 0 Å². The van der Waals surface area contributed by atoms with Crippen LogP contribution in [0.3, 0.4) is 0 Å². The predicted molar refractivity (Wildman–Crippen MR) is 69.8 cm³/mol. The molecule has 0 saturated heterocycles.